The average Bonchev–Trinajstić information content (AvgIpc) is 2.97. The number of carbonyl (C=O) groups excluding carboxylic acids is 2. The first-order valence-electron chi connectivity index (χ1n) is 6.11. The van der Waals surface area contributed by atoms with Crippen molar-refractivity contribution in [1.82, 2.24) is 10.2 Å². The van der Waals surface area contributed by atoms with Gasteiger partial charge in [0.05, 0.1) is 5.56 Å². The van der Waals surface area contributed by atoms with Gasteiger partial charge in [-0.1, -0.05) is 0 Å². The summed E-state index contributed by atoms with van der Waals surface area (Å²) in [5, 5.41) is 16.3. The van der Waals surface area contributed by atoms with Crippen molar-refractivity contribution in [2.75, 3.05) is 18.4 Å². The molecule has 1 fully saturated rings. The van der Waals surface area contributed by atoms with Gasteiger partial charge in [-0.25, -0.2) is 9.59 Å². The number of likely N-dealkylation sites (tertiary alicyclic amines) is 1. The van der Waals surface area contributed by atoms with Crippen LogP contribution in [0.15, 0.2) is 11.4 Å². The third-order valence-electron chi connectivity index (χ3n) is 3.00. The molecule has 1 atom stereocenters. The summed E-state index contributed by atoms with van der Waals surface area (Å²) in [6, 6.07) is 1.07. The fourth-order valence-electron chi connectivity index (χ4n) is 2.10. The molecule has 0 spiro atoms. The van der Waals surface area contributed by atoms with Crippen molar-refractivity contribution < 1.29 is 19.5 Å². The number of carbonyl (C=O) groups is 3. The summed E-state index contributed by atoms with van der Waals surface area (Å²) < 4.78 is 0. The minimum Gasteiger partial charge on any atom is -0.478 e. The Morgan fingerprint density at radius 3 is 2.85 bits per heavy atom. The number of anilines is 1. The smallest absolute Gasteiger partial charge is 0.338 e. The van der Waals surface area contributed by atoms with E-state index in [-0.39, 0.29) is 23.5 Å². The molecular weight excluding hydrogens is 282 g/mol. The summed E-state index contributed by atoms with van der Waals surface area (Å²) in [7, 11) is 0. The Hall–Kier alpha value is -2.09. The molecule has 1 aliphatic rings. The van der Waals surface area contributed by atoms with E-state index in [0.717, 1.165) is 0 Å². The second-order valence-electron chi connectivity index (χ2n) is 4.53. The van der Waals surface area contributed by atoms with Crippen molar-refractivity contribution in [1.29, 1.82) is 0 Å². The molecule has 1 saturated heterocycles. The van der Waals surface area contributed by atoms with Gasteiger partial charge in [-0.15, -0.1) is 11.3 Å². The Kier molecular flexibility index (Phi) is 4.23. The molecule has 108 valence electrons. The number of amides is 3. The van der Waals surface area contributed by atoms with Crippen molar-refractivity contribution in [3.05, 3.63) is 17.0 Å². The van der Waals surface area contributed by atoms with E-state index in [1.165, 1.54) is 24.3 Å². The van der Waals surface area contributed by atoms with Crippen LogP contribution in [0.25, 0.3) is 0 Å². The van der Waals surface area contributed by atoms with E-state index in [0.29, 0.717) is 24.5 Å². The number of urea groups is 1. The van der Waals surface area contributed by atoms with Gasteiger partial charge in [0.15, 0.2) is 0 Å². The molecule has 1 aliphatic heterocycles. The minimum atomic E-state index is -1.07. The van der Waals surface area contributed by atoms with E-state index < -0.39 is 5.97 Å². The molecule has 1 unspecified atom stereocenters. The van der Waals surface area contributed by atoms with Gasteiger partial charge in [0.1, 0.15) is 5.00 Å². The number of aromatic carboxylic acids is 1. The van der Waals surface area contributed by atoms with Gasteiger partial charge in [0.2, 0.25) is 5.91 Å². The monoisotopic (exact) mass is 297 g/mol. The van der Waals surface area contributed by atoms with E-state index in [4.69, 9.17) is 5.11 Å². The fourth-order valence-corrected chi connectivity index (χ4v) is 2.87. The SMILES string of the molecule is CC(=O)NC1CCN(C(=O)Nc2sccc2C(=O)O)C1. The maximum Gasteiger partial charge on any atom is 0.338 e. The van der Waals surface area contributed by atoms with Gasteiger partial charge in [-0.2, -0.15) is 0 Å². The zero-order valence-corrected chi connectivity index (χ0v) is 11.7. The Bertz CT molecular complexity index is 543. The number of nitrogens with one attached hydrogen (secondary N) is 2. The van der Waals surface area contributed by atoms with Gasteiger partial charge in [0.25, 0.3) is 0 Å². The Labute approximate surface area is 119 Å². The second kappa shape index (κ2) is 5.91. The van der Waals surface area contributed by atoms with Crippen molar-refractivity contribution >= 4 is 34.2 Å². The second-order valence-corrected chi connectivity index (χ2v) is 5.45. The fraction of sp³-hybridized carbons (Fsp3) is 0.417. The van der Waals surface area contributed by atoms with E-state index in [9.17, 15) is 14.4 Å². The first-order valence-corrected chi connectivity index (χ1v) is 6.99. The van der Waals surface area contributed by atoms with Crippen LogP contribution in [0.4, 0.5) is 9.80 Å². The molecule has 0 aromatic carbocycles. The zero-order chi connectivity index (χ0) is 14.7. The number of hydrogen-bond acceptors (Lipinski definition) is 4. The Balaban J connectivity index is 1.94. The highest BCUT2D eigenvalue weighted by molar-refractivity contribution is 7.14. The molecule has 3 amide bonds. The normalized spacial score (nSPS) is 17.9. The maximum absolute atomic E-state index is 12.0. The molecule has 0 radical (unpaired) electrons. The molecule has 3 N–H and O–H groups in total. The number of rotatable bonds is 3. The summed E-state index contributed by atoms with van der Waals surface area (Å²) in [5.74, 6) is -1.19. The van der Waals surface area contributed by atoms with E-state index in [1.807, 2.05) is 0 Å². The maximum atomic E-state index is 12.0. The number of hydrogen-bond donors (Lipinski definition) is 3. The predicted octanol–water partition coefficient (Wildman–Crippen LogP) is 1.19. The van der Waals surface area contributed by atoms with Gasteiger partial charge < -0.3 is 15.3 Å². The molecule has 0 bridgehead atoms. The Morgan fingerprint density at radius 1 is 1.45 bits per heavy atom. The highest BCUT2D eigenvalue weighted by atomic mass is 32.1. The van der Waals surface area contributed by atoms with Crippen LogP contribution in [0.2, 0.25) is 0 Å². The molecule has 8 heteroatoms. The van der Waals surface area contributed by atoms with Crippen LogP contribution in [0.5, 0.6) is 0 Å². The van der Waals surface area contributed by atoms with Crippen LogP contribution in [-0.4, -0.2) is 47.0 Å². The van der Waals surface area contributed by atoms with E-state index in [2.05, 4.69) is 10.6 Å². The third-order valence-corrected chi connectivity index (χ3v) is 3.83. The highest BCUT2D eigenvalue weighted by Crippen LogP contribution is 2.24. The highest BCUT2D eigenvalue weighted by Gasteiger charge is 2.27. The predicted molar refractivity (Wildman–Crippen MR) is 74.1 cm³/mol. The molecule has 2 heterocycles. The first-order chi connectivity index (χ1) is 9.47. The van der Waals surface area contributed by atoms with Crippen LogP contribution in [0.3, 0.4) is 0 Å². The lowest BCUT2D eigenvalue weighted by Crippen LogP contribution is -2.38. The molecule has 7 nitrogen and oxygen atoms in total. The number of carboxylic acid groups (broad SMARTS) is 1. The third kappa shape index (κ3) is 3.27. The summed E-state index contributed by atoms with van der Waals surface area (Å²) in [5.41, 5.74) is 0.0842. The van der Waals surface area contributed by atoms with Crippen molar-refractivity contribution in [2.24, 2.45) is 0 Å². The summed E-state index contributed by atoms with van der Waals surface area (Å²) >= 11 is 1.17. The first kappa shape index (κ1) is 14.3. The molecule has 0 saturated carbocycles. The summed E-state index contributed by atoms with van der Waals surface area (Å²) in [4.78, 5) is 35.5. The van der Waals surface area contributed by atoms with Crippen LogP contribution >= 0.6 is 11.3 Å². The van der Waals surface area contributed by atoms with Crippen molar-refractivity contribution in [2.45, 2.75) is 19.4 Å². The van der Waals surface area contributed by atoms with Crippen LogP contribution < -0.4 is 10.6 Å². The van der Waals surface area contributed by atoms with Crippen LogP contribution in [0.1, 0.15) is 23.7 Å². The van der Waals surface area contributed by atoms with E-state index in [1.54, 1.807) is 10.3 Å². The lowest BCUT2D eigenvalue weighted by molar-refractivity contribution is -0.119. The van der Waals surface area contributed by atoms with Crippen molar-refractivity contribution in [3.8, 4) is 0 Å². The lowest BCUT2D eigenvalue weighted by Gasteiger charge is -2.17. The minimum absolute atomic E-state index is 0.0412. The number of carboxylic acids is 1. The lowest BCUT2D eigenvalue weighted by atomic mass is 10.3. The summed E-state index contributed by atoms with van der Waals surface area (Å²) in [6.07, 6.45) is 0.698. The van der Waals surface area contributed by atoms with Crippen LogP contribution in [0, 0.1) is 0 Å². The Morgan fingerprint density at radius 2 is 2.20 bits per heavy atom. The molecule has 0 aliphatic carbocycles. The number of nitrogens with zero attached hydrogens (tertiary/aromatic N) is 1. The van der Waals surface area contributed by atoms with Gasteiger partial charge in [-0.05, 0) is 17.9 Å². The summed E-state index contributed by atoms with van der Waals surface area (Å²) in [6.45, 7) is 2.40. The van der Waals surface area contributed by atoms with E-state index >= 15 is 0 Å². The van der Waals surface area contributed by atoms with Gasteiger partial charge >= 0.3 is 12.0 Å². The average molecular weight is 297 g/mol. The zero-order valence-electron chi connectivity index (χ0n) is 10.9. The molecule has 2 rings (SSSR count). The molecule has 20 heavy (non-hydrogen) atoms. The molecule has 1 aromatic heterocycles. The van der Waals surface area contributed by atoms with Crippen LogP contribution in [-0.2, 0) is 4.79 Å². The topological polar surface area (TPSA) is 98.7 Å². The van der Waals surface area contributed by atoms with Gasteiger partial charge in [0, 0.05) is 26.1 Å². The molecule has 1 aromatic rings. The number of thiophene rings is 1. The standard InChI is InChI=1S/C12H15N3O4S/c1-7(16)13-8-2-4-15(6-8)12(19)14-10-9(11(17)18)3-5-20-10/h3,5,8H,2,4,6H2,1H3,(H,13,16)(H,14,19)(H,17,18). The van der Waals surface area contributed by atoms with Crippen molar-refractivity contribution in [3.63, 3.8) is 0 Å². The quantitative estimate of drug-likeness (QED) is 0.780. The largest absolute Gasteiger partial charge is 0.478 e. The molecular formula is C12H15N3O4S. The van der Waals surface area contributed by atoms with Gasteiger partial charge in [-0.3, -0.25) is 10.1 Å².